The minimum atomic E-state index is -0.186. The quantitative estimate of drug-likeness (QED) is 0.538. The lowest BCUT2D eigenvalue weighted by Gasteiger charge is -1.96. The van der Waals surface area contributed by atoms with Crippen molar-refractivity contribution in [3.8, 4) is 0 Å². The van der Waals surface area contributed by atoms with Crippen molar-refractivity contribution < 1.29 is 9.53 Å². The summed E-state index contributed by atoms with van der Waals surface area (Å²) in [6.45, 7) is 0. The molecule has 3 heteroatoms. The summed E-state index contributed by atoms with van der Waals surface area (Å²) in [5.74, 6) is -0.186. The van der Waals surface area contributed by atoms with Crippen LogP contribution in [-0.2, 0) is 9.53 Å². The Bertz CT molecular complexity index is 310. The van der Waals surface area contributed by atoms with Crippen LogP contribution in [0.4, 0.5) is 0 Å². The van der Waals surface area contributed by atoms with Crippen LogP contribution < -0.4 is 5.32 Å². The number of hydrogen-bond acceptors (Lipinski definition) is 3. The third kappa shape index (κ3) is 1.55. The molecule has 0 aromatic heterocycles. The van der Waals surface area contributed by atoms with E-state index in [-0.39, 0.29) is 18.1 Å². The molecule has 1 heterocycles. The smallest absolute Gasteiger partial charge is 0.324 e. The van der Waals surface area contributed by atoms with E-state index in [0.717, 1.165) is 5.56 Å². The molecule has 1 aromatic carbocycles. The van der Waals surface area contributed by atoms with Crippen molar-refractivity contribution >= 4 is 5.97 Å². The van der Waals surface area contributed by atoms with E-state index in [2.05, 4.69) is 10.1 Å². The Morgan fingerprint density at radius 3 is 2.69 bits per heavy atom. The van der Waals surface area contributed by atoms with E-state index in [1.165, 1.54) is 7.11 Å². The number of ether oxygens (including phenoxy) is 1. The first-order chi connectivity index (χ1) is 6.33. The van der Waals surface area contributed by atoms with Crippen LogP contribution in [0.25, 0.3) is 0 Å². The van der Waals surface area contributed by atoms with Gasteiger partial charge in [-0.3, -0.25) is 10.1 Å². The Morgan fingerprint density at radius 2 is 2.08 bits per heavy atom. The summed E-state index contributed by atoms with van der Waals surface area (Å²) < 4.78 is 4.62. The van der Waals surface area contributed by atoms with E-state index in [1.54, 1.807) is 0 Å². The summed E-state index contributed by atoms with van der Waals surface area (Å²) >= 11 is 0. The topological polar surface area (TPSA) is 48.2 Å². The Labute approximate surface area is 76.7 Å². The fourth-order valence-corrected chi connectivity index (χ4v) is 1.42. The molecule has 1 aromatic rings. The maximum absolute atomic E-state index is 11.1. The Balaban J connectivity index is 2.04. The molecule has 1 saturated heterocycles. The lowest BCUT2D eigenvalue weighted by Crippen LogP contribution is -2.11. The number of nitrogens with one attached hydrogen (secondary N) is 1. The highest BCUT2D eigenvalue weighted by atomic mass is 16.5. The van der Waals surface area contributed by atoms with Crippen molar-refractivity contribution in [2.24, 2.45) is 0 Å². The van der Waals surface area contributed by atoms with E-state index in [4.69, 9.17) is 0 Å². The summed E-state index contributed by atoms with van der Waals surface area (Å²) in [6.07, 6.45) is 0. The van der Waals surface area contributed by atoms with Crippen LogP contribution in [0.2, 0.25) is 0 Å². The first-order valence-electron chi connectivity index (χ1n) is 4.22. The number of methoxy groups -OCH3 is 1. The van der Waals surface area contributed by atoms with Gasteiger partial charge in [-0.2, -0.15) is 0 Å². The highest BCUT2D eigenvalue weighted by molar-refractivity contribution is 5.80. The molecule has 13 heavy (non-hydrogen) atoms. The van der Waals surface area contributed by atoms with E-state index >= 15 is 0 Å². The van der Waals surface area contributed by atoms with Crippen LogP contribution in [0.3, 0.4) is 0 Å². The molecule has 2 rings (SSSR count). The van der Waals surface area contributed by atoms with Gasteiger partial charge in [-0.25, -0.2) is 0 Å². The fourth-order valence-electron chi connectivity index (χ4n) is 1.42. The lowest BCUT2D eigenvalue weighted by atomic mass is 10.1. The first kappa shape index (κ1) is 8.26. The molecule has 1 fully saturated rings. The van der Waals surface area contributed by atoms with Gasteiger partial charge in [0.2, 0.25) is 0 Å². The number of rotatable bonds is 2. The molecule has 0 spiro atoms. The summed E-state index contributed by atoms with van der Waals surface area (Å²) in [4.78, 5) is 11.1. The van der Waals surface area contributed by atoms with Crippen molar-refractivity contribution in [2.75, 3.05) is 7.11 Å². The highest BCUT2D eigenvalue weighted by Crippen LogP contribution is 2.29. The summed E-state index contributed by atoms with van der Waals surface area (Å²) in [6, 6.07) is 9.88. The summed E-state index contributed by atoms with van der Waals surface area (Å²) in [7, 11) is 1.41. The molecule has 1 aliphatic heterocycles. The lowest BCUT2D eigenvalue weighted by molar-refractivity contribution is -0.140. The van der Waals surface area contributed by atoms with Gasteiger partial charge in [-0.1, -0.05) is 30.3 Å². The Morgan fingerprint density at radius 1 is 1.38 bits per heavy atom. The molecule has 1 aliphatic rings. The molecule has 1 N–H and O–H groups in total. The average molecular weight is 177 g/mol. The van der Waals surface area contributed by atoms with Gasteiger partial charge in [0.1, 0.15) is 6.04 Å². The number of carbonyl (C=O) groups excluding carboxylic acids is 1. The monoisotopic (exact) mass is 177 g/mol. The van der Waals surface area contributed by atoms with Crippen molar-refractivity contribution in [1.82, 2.24) is 5.32 Å². The van der Waals surface area contributed by atoms with Gasteiger partial charge < -0.3 is 4.74 Å². The third-order valence-corrected chi connectivity index (χ3v) is 2.20. The van der Waals surface area contributed by atoms with Crippen LogP contribution in [0.15, 0.2) is 30.3 Å². The largest absolute Gasteiger partial charge is 0.468 e. The molecule has 3 nitrogen and oxygen atoms in total. The summed E-state index contributed by atoms with van der Waals surface area (Å²) in [5, 5.41) is 3.06. The van der Waals surface area contributed by atoms with E-state index in [0.29, 0.717) is 0 Å². The predicted molar refractivity (Wildman–Crippen MR) is 48.1 cm³/mol. The molecule has 68 valence electrons. The van der Waals surface area contributed by atoms with Crippen molar-refractivity contribution in [3.05, 3.63) is 35.9 Å². The van der Waals surface area contributed by atoms with Crippen molar-refractivity contribution in [1.29, 1.82) is 0 Å². The molecular weight excluding hydrogens is 166 g/mol. The van der Waals surface area contributed by atoms with Crippen molar-refractivity contribution in [3.63, 3.8) is 0 Å². The minimum absolute atomic E-state index is 0.146. The molecule has 0 amide bonds. The molecule has 0 unspecified atom stereocenters. The zero-order valence-electron chi connectivity index (χ0n) is 7.36. The molecule has 0 saturated carbocycles. The molecule has 2 atom stereocenters. The summed E-state index contributed by atoms with van der Waals surface area (Å²) in [5.41, 5.74) is 1.14. The Kier molecular flexibility index (Phi) is 2.02. The predicted octanol–water partition coefficient (Wildman–Crippen LogP) is 0.872. The van der Waals surface area contributed by atoms with Gasteiger partial charge in [-0.05, 0) is 5.56 Å². The van der Waals surface area contributed by atoms with Crippen LogP contribution in [0, 0.1) is 0 Å². The zero-order chi connectivity index (χ0) is 9.26. The normalized spacial score (nSPS) is 25.3. The van der Waals surface area contributed by atoms with Gasteiger partial charge in [0, 0.05) is 0 Å². The number of hydrogen-bond donors (Lipinski definition) is 1. The van der Waals surface area contributed by atoms with E-state index < -0.39 is 0 Å². The van der Waals surface area contributed by atoms with Gasteiger partial charge in [-0.15, -0.1) is 0 Å². The zero-order valence-corrected chi connectivity index (χ0v) is 7.36. The molecular formula is C10H11NO2. The standard InChI is InChI=1S/C10H11NO2/c1-13-10(12)9-8(11-9)7-5-3-2-4-6-7/h2-6,8-9,11H,1H3/t8-,9+/m1/s1. The number of benzene rings is 1. The third-order valence-electron chi connectivity index (χ3n) is 2.20. The van der Waals surface area contributed by atoms with Gasteiger partial charge in [0.05, 0.1) is 13.2 Å². The fraction of sp³-hybridized carbons (Fsp3) is 0.300. The van der Waals surface area contributed by atoms with Gasteiger partial charge in [0.25, 0.3) is 0 Å². The van der Waals surface area contributed by atoms with Crippen LogP contribution in [-0.4, -0.2) is 19.1 Å². The molecule has 0 bridgehead atoms. The SMILES string of the molecule is COC(=O)[C@H]1N[C@@H]1c1ccccc1. The van der Waals surface area contributed by atoms with Gasteiger partial charge >= 0.3 is 5.97 Å². The van der Waals surface area contributed by atoms with E-state index in [9.17, 15) is 4.79 Å². The number of esters is 1. The minimum Gasteiger partial charge on any atom is -0.468 e. The second-order valence-corrected chi connectivity index (χ2v) is 3.06. The van der Waals surface area contributed by atoms with Crippen LogP contribution in [0.1, 0.15) is 11.6 Å². The van der Waals surface area contributed by atoms with E-state index in [1.807, 2.05) is 30.3 Å². The molecule has 0 aliphatic carbocycles. The molecule has 0 radical (unpaired) electrons. The van der Waals surface area contributed by atoms with Gasteiger partial charge in [0.15, 0.2) is 0 Å². The average Bonchev–Trinajstić information content (AvgIpc) is 2.98. The second kappa shape index (κ2) is 3.18. The highest BCUT2D eigenvalue weighted by Gasteiger charge is 2.44. The van der Waals surface area contributed by atoms with Crippen LogP contribution >= 0.6 is 0 Å². The second-order valence-electron chi connectivity index (χ2n) is 3.06. The van der Waals surface area contributed by atoms with Crippen LogP contribution in [0.5, 0.6) is 0 Å². The van der Waals surface area contributed by atoms with Crippen molar-refractivity contribution in [2.45, 2.75) is 12.1 Å². The Hall–Kier alpha value is -1.35. The first-order valence-corrected chi connectivity index (χ1v) is 4.22. The maximum atomic E-state index is 11.1. The maximum Gasteiger partial charge on any atom is 0.324 e. The number of carbonyl (C=O) groups is 1.